The Balaban J connectivity index is 1.45. The number of carbonyl (C=O) groups is 1. The molecular formula is C21H24N4O3. The quantitative estimate of drug-likeness (QED) is 0.656. The van der Waals surface area contributed by atoms with Crippen molar-refractivity contribution in [1.29, 1.82) is 0 Å². The van der Waals surface area contributed by atoms with Crippen LogP contribution in [-0.4, -0.2) is 30.6 Å². The van der Waals surface area contributed by atoms with Gasteiger partial charge in [-0.15, -0.1) is 0 Å². The minimum Gasteiger partial charge on any atom is -0.486 e. The van der Waals surface area contributed by atoms with Crippen molar-refractivity contribution in [3.63, 3.8) is 0 Å². The summed E-state index contributed by atoms with van der Waals surface area (Å²) in [6.07, 6.45) is 8.02. The van der Waals surface area contributed by atoms with Crippen LogP contribution in [0.5, 0.6) is 5.75 Å². The van der Waals surface area contributed by atoms with E-state index in [-0.39, 0.29) is 12.3 Å². The second-order valence-electron chi connectivity index (χ2n) is 7.22. The Morgan fingerprint density at radius 1 is 1.29 bits per heavy atom. The highest BCUT2D eigenvalue weighted by molar-refractivity contribution is 5.68. The van der Waals surface area contributed by atoms with Crippen LogP contribution in [0, 0.1) is 0 Å². The summed E-state index contributed by atoms with van der Waals surface area (Å²) in [6, 6.07) is 7.56. The number of carboxylic acids is 1. The molecule has 28 heavy (non-hydrogen) atoms. The summed E-state index contributed by atoms with van der Waals surface area (Å²) in [5.74, 6) is 1.16. The number of rotatable bonds is 7. The molecule has 4 rings (SSSR count). The second-order valence-corrected chi connectivity index (χ2v) is 7.22. The van der Waals surface area contributed by atoms with Gasteiger partial charge in [0.25, 0.3) is 0 Å². The van der Waals surface area contributed by atoms with Crippen molar-refractivity contribution in [2.24, 2.45) is 7.05 Å². The monoisotopic (exact) mass is 380 g/mol. The number of aliphatic carboxylic acids is 1. The predicted molar refractivity (Wildman–Crippen MR) is 103 cm³/mol. The first kappa shape index (κ1) is 18.3. The van der Waals surface area contributed by atoms with Gasteiger partial charge in [-0.05, 0) is 43.4 Å². The molecule has 1 aliphatic rings. The normalized spacial score (nSPS) is 14.5. The lowest BCUT2D eigenvalue weighted by atomic mass is 9.94. The fourth-order valence-electron chi connectivity index (χ4n) is 3.77. The Morgan fingerprint density at radius 3 is 2.75 bits per heavy atom. The average molecular weight is 380 g/mol. The van der Waals surface area contributed by atoms with Crippen molar-refractivity contribution in [3.8, 4) is 5.75 Å². The highest BCUT2D eigenvalue weighted by Crippen LogP contribution is 2.28. The van der Waals surface area contributed by atoms with Crippen LogP contribution in [0.4, 0.5) is 0 Å². The number of fused-ring (bicyclic) bond motifs is 1. The van der Waals surface area contributed by atoms with Gasteiger partial charge in [-0.2, -0.15) is 0 Å². The zero-order chi connectivity index (χ0) is 19.5. The third kappa shape index (κ3) is 3.93. The fourth-order valence-corrected chi connectivity index (χ4v) is 3.77. The van der Waals surface area contributed by atoms with Crippen molar-refractivity contribution < 1.29 is 14.6 Å². The number of nitrogens with one attached hydrogen (secondary N) is 1. The van der Waals surface area contributed by atoms with Crippen molar-refractivity contribution in [1.82, 2.24) is 19.5 Å². The number of hydrogen-bond acceptors (Lipinski definition) is 4. The van der Waals surface area contributed by atoms with Gasteiger partial charge in [0.1, 0.15) is 24.0 Å². The number of imidazole rings is 2. The summed E-state index contributed by atoms with van der Waals surface area (Å²) in [7, 11) is 1.87. The van der Waals surface area contributed by atoms with E-state index in [2.05, 4.69) is 15.0 Å². The molecule has 2 heterocycles. The summed E-state index contributed by atoms with van der Waals surface area (Å²) in [5.41, 5.74) is 3.32. The molecule has 0 bridgehead atoms. The van der Waals surface area contributed by atoms with Gasteiger partial charge in [0.2, 0.25) is 0 Å². The predicted octanol–water partition coefficient (Wildman–Crippen LogP) is 3.21. The molecular weight excluding hydrogens is 356 g/mol. The maximum atomic E-state index is 11.3. The highest BCUT2D eigenvalue weighted by atomic mass is 16.5. The lowest BCUT2D eigenvalue weighted by molar-refractivity contribution is -0.137. The number of aryl methyl sites for hydroxylation is 3. The van der Waals surface area contributed by atoms with E-state index >= 15 is 0 Å². The Hall–Kier alpha value is -3.09. The maximum absolute atomic E-state index is 11.3. The third-order valence-corrected chi connectivity index (χ3v) is 5.21. The van der Waals surface area contributed by atoms with Gasteiger partial charge >= 0.3 is 5.97 Å². The highest BCUT2D eigenvalue weighted by Gasteiger charge is 2.21. The number of hydrogen-bond donors (Lipinski definition) is 2. The third-order valence-electron chi connectivity index (χ3n) is 5.21. The van der Waals surface area contributed by atoms with Gasteiger partial charge in [-0.25, -0.2) is 9.97 Å². The van der Waals surface area contributed by atoms with Crippen LogP contribution in [0.1, 0.15) is 53.8 Å². The molecule has 2 N–H and O–H groups in total. The molecule has 7 heteroatoms. The number of aromatic amines is 1. The number of ether oxygens (including phenoxy) is 1. The van der Waals surface area contributed by atoms with Crippen molar-refractivity contribution >= 4 is 5.97 Å². The van der Waals surface area contributed by atoms with Crippen LogP contribution in [0.15, 0.2) is 36.7 Å². The zero-order valence-electron chi connectivity index (χ0n) is 15.9. The molecule has 0 aliphatic heterocycles. The van der Waals surface area contributed by atoms with Crippen LogP contribution in [0.2, 0.25) is 0 Å². The molecule has 0 unspecified atom stereocenters. The summed E-state index contributed by atoms with van der Waals surface area (Å²) in [4.78, 5) is 23.7. The smallest absolute Gasteiger partial charge is 0.304 e. The van der Waals surface area contributed by atoms with Crippen LogP contribution < -0.4 is 4.74 Å². The van der Waals surface area contributed by atoms with Gasteiger partial charge < -0.3 is 19.4 Å². The molecule has 1 atom stereocenters. The number of nitrogens with zero attached hydrogens (tertiary/aromatic N) is 3. The van der Waals surface area contributed by atoms with E-state index in [0.29, 0.717) is 6.61 Å². The fraction of sp³-hybridized carbons (Fsp3) is 0.381. The summed E-state index contributed by atoms with van der Waals surface area (Å²) < 4.78 is 7.73. The number of benzene rings is 1. The summed E-state index contributed by atoms with van der Waals surface area (Å²) in [6.45, 7) is 0.393. The minimum absolute atomic E-state index is 0.0109. The lowest BCUT2D eigenvalue weighted by Crippen LogP contribution is -2.12. The van der Waals surface area contributed by atoms with E-state index < -0.39 is 5.97 Å². The topological polar surface area (TPSA) is 93.0 Å². The van der Waals surface area contributed by atoms with Crippen LogP contribution in [-0.2, 0) is 31.3 Å². The van der Waals surface area contributed by atoms with E-state index in [0.717, 1.165) is 35.8 Å². The standard InChI is InChI=1S/C21H24N4O3/c1-25-11-10-22-21(25)16(12-20(26)27)14-6-8-15(9-7-14)28-13-19-23-17-4-2-3-5-18(17)24-19/h6-11,16H,2-5,12-13H2,1H3,(H,23,24)(H,26,27)/t16-/m0/s1. The molecule has 1 aliphatic carbocycles. The largest absolute Gasteiger partial charge is 0.486 e. The van der Waals surface area contributed by atoms with Crippen molar-refractivity contribution in [3.05, 3.63) is 65.3 Å². The molecule has 0 amide bonds. The number of carboxylic acid groups (broad SMARTS) is 1. The van der Waals surface area contributed by atoms with Crippen LogP contribution in [0.25, 0.3) is 0 Å². The number of H-pyrrole nitrogens is 1. The lowest BCUT2D eigenvalue weighted by Gasteiger charge is -2.16. The molecule has 0 spiro atoms. The summed E-state index contributed by atoms with van der Waals surface area (Å²) in [5, 5.41) is 9.30. The van der Waals surface area contributed by atoms with E-state index in [1.54, 1.807) is 6.20 Å². The molecule has 0 saturated heterocycles. The molecule has 0 saturated carbocycles. The maximum Gasteiger partial charge on any atom is 0.304 e. The summed E-state index contributed by atoms with van der Waals surface area (Å²) >= 11 is 0. The first-order chi connectivity index (χ1) is 13.6. The van der Waals surface area contributed by atoms with Gasteiger partial charge in [0.15, 0.2) is 0 Å². The van der Waals surface area contributed by atoms with Gasteiger partial charge in [0.05, 0.1) is 18.0 Å². The molecule has 0 radical (unpaired) electrons. The average Bonchev–Trinajstić information content (AvgIpc) is 3.30. The number of aromatic nitrogens is 4. The van der Waals surface area contributed by atoms with E-state index in [4.69, 9.17) is 4.74 Å². The first-order valence-electron chi connectivity index (χ1n) is 9.58. The molecule has 1 aromatic carbocycles. The second kappa shape index (κ2) is 7.88. The van der Waals surface area contributed by atoms with Gasteiger partial charge in [0, 0.05) is 25.1 Å². The van der Waals surface area contributed by atoms with Crippen LogP contribution in [0.3, 0.4) is 0 Å². The van der Waals surface area contributed by atoms with Crippen LogP contribution >= 0.6 is 0 Å². The Morgan fingerprint density at radius 2 is 2.07 bits per heavy atom. The first-order valence-corrected chi connectivity index (χ1v) is 9.58. The molecule has 2 aromatic heterocycles. The minimum atomic E-state index is -0.852. The molecule has 0 fully saturated rings. The Labute approximate surface area is 163 Å². The molecule has 3 aromatic rings. The van der Waals surface area contributed by atoms with Crippen molar-refractivity contribution in [2.75, 3.05) is 0 Å². The molecule has 7 nitrogen and oxygen atoms in total. The van der Waals surface area contributed by atoms with E-state index in [9.17, 15) is 9.90 Å². The van der Waals surface area contributed by atoms with Gasteiger partial charge in [-0.3, -0.25) is 4.79 Å². The van der Waals surface area contributed by atoms with Crippen molar-refractivity contribution in [2.45, 2.75) is 44.6 Å². The van der Waals surface area contributed by atoms with E-state index in [1.165, 1.54) is 24.2 Å². The molecule has 146 valence electrons. The zero-order valence-corrected chi connectivity index (χ0v) is 15.9. The Bertz CT molecular complexity index is 935. The van der Waals surface area contributed by atoms with Gasteiger partial charge in [-0.1, -0.05) is 12.1 Å². The SMILES string of the molecule is Cn1ccnc1[C@@H](CC(=O)O)c1ccc(OCc2nc3c([nH]2)CCCC3)cc1. The van der Waals surface area contributed by atoms with E-state index in [1.807, 2.05) is 42.1 Å². The Kier molecular flexibility index (Phi) is 5.14.